The van der Waals surface area contributed by atoms with Crippen molar-refractivity contribution in [3.8, 4) is 11.4 Å². The molecule has 5 atom stereocenters. The van der Waals surface area contributed by atoms with Gasteiger partial charge in [0.05, 0.1) is 62.6 Å². The van der Waals surface area contributed by atoms with Gasteiger partial charge in [0.2, 0.25) is 5.91 Å². The summed E-state index contributed by atoms with van der Waals surface area (Å²) in [5.41, 5.74) is 1.13. The summed E-state index contributed by atoms with van der Waals surface area (Å²) in [6.45, 7) is 7.19. The number of rotatable bonds is 7. The van der Waals surface area contributed by atoms with Crippen LogP contribution in [0.15, 0.2) is 71.5 Å². The quantitative estimate of drug-likeness (QED) is 0.292. The Balaban J connectivity index is 1.35. The van der Waals surface area contributed by atoms with Crippen molar-refractivity contribution in [3.05, 3.63) is 82.6 Å². The van der Waals surface area contributed by atoms with Crippen LogP contribution in [-0.4, -0.2) is 79.1 Å². The molecule has 0 unspecified atom stereocenters. The third kappa shape index (κ3) is 4.69. The number of H-pyrrole nitrogens is 1. The number of nitrogens with zero attached hydrogens (tertiary/aromatic N) is 3. The van der Waals surface area contributed by atoms with Crippen molar-refractivity contribution in [3.63, 3.8) is 0 Å². The highest BCUT2D eigenvalue weighted by atomic mass is 28.3. The lowest BCUT2D eigenvalue weighted by atomic mass is 9.82. The molecule has 246 valence electrons. The lowest BCUT2D eigenvalue weighted by Gasteiger charge is -2.37. The molecule has 4 aromatic rings. The molecule has 0 aliphatic carbocycles. The van der Waals surface area contributed by atoms with Gasteiger partial charge < -0.3 is 24.4 Å². The Morgan fingerprint density at radius 3 is 2.55 bits per heavy atom. The third-order valence-corrected chi connectivity index (χ3v) is 15.4. The van der Waals surface area contributed by atoms with Crippen molar-refractivity contribution >= 4 is 41.7 Å². The second-order valence-electron chi connectivity index (χ2n) is 13.8. The topological polar surface area (TPSA) is 117 Å². The van der Waals surface area contributed by atoms with E-state index < -0.39 is 19.8 Å². The summed E-state index contributed by atoms with van der Waals surface area (Å²) < 4.78 is 14.0. The van der Waals surface area contributed by atoms with Gasteiger partial charge in [-0.25, -0.2) is 4.68 Å². The van der Waals surface area contributed by atoms with E-state index in [9.17, 15) is 19.5 Å². The van der Waals surface area contributed by atoms with Gasteiger partial charge in [-0.1, -0.05) is 49.5 Å². The predicted molar refractivity (Wildman–Crippen MR) is 183 cm³/mol. The van der Waals surface area contributed by atoms with Crippen LogP contribution in [0.2, 0.25) is 18.6 Å². The monoisotopic (exact) mass is 654 g/mol. The van der Waals surface area contributed by atoms with Gasteiger partial charge in [-0.15, -0.1) is 0 Å². The number of fused-ring (bicyclic) bond motifs is 3. The zero-order valence-electron chi connectivity index (χ0n) is 27.5. The maximum Gasteiger partial charge on any atom is 0.279 e. The van der Waals surface area contributed by atoms with Crippen LogP contribution in [0.25, 0.3) is 16.6 Å². The molecular weight excluding hydrogens is 613 g/mol. The Morgan fingerprint density at radius 2 is 1.85 bits per heavy atom. The number of nitrogens with one attached hydrogen (secondary N) is 1. The minimum absolute atomic E-state index is 0.0577. The smallest absolute Gasteiger partial charge is 0.279 e. The van der Waals surface area contributed by atoms with E-state index in [0.717, 1.165) is 29.8 Å². The van der Waals surface area contributed by atoms with Crippen LogP contribution in [0.5, 0.6) is 5.75 Å². The zero-order valence-corrected chi connectivity index (χ0v) is 28.5. The molecular formula is C36H42N4O6Si. The van der Waals surface area contributed by atoms with Crippen molar-refractivity contribution < 1.29 is 24.2 Å². The number of anilines is 1. The summed E-state index contributed by atoms with van der Waals surface area (Å²) in [6.07, 6.45) is 1.21. The number of aliphatic hydroxyl groups excluding tert-OH is 1. The lowest BCUT2D eigenvalue weighted by Crippen LogP contribution is -2.52. The highest BCUT2D eigenvalue weighted by molar-refractivity contribution is 6.91. The Kier molecular flexibility index (Phi) is 7.68. The number of carbonyl (C=O) groups is 2. The van der Waals surface area contributed by atoms with Gasteiger partial charge >= 0.3 is 0 Å². The molecule has 3 aliphatic rings. The standard InChI is InChI=1S/C36H42N4O6Si/c1-22-33(47(4,5)26-15-13-25(45-3)14-16-26)31(20-32(42)39-18-8-9-24(39)21-41)46-36(22)28-19-23(12-17-30(28)38(2)35(36)44)40-34(43)27-10-6-7-11-29(27)37-40/h6-7,10-17,19,22,24,31,33,37,41H,8-9,18,20-21H2,1-5H3/t22-,24-,31+,33-,36+/m0/s1. The minimum Gasteiger partial charge on any atom is -0.497 e. The highest BCUT2D eigenvalue weighted by Crippen LogP contribution is 2.60. The molecule has 2 amide bonds. The van der Waals surface area contributed by atoms with Gasteiger partial charge in [0.25, 0.3) is 11.5 Å². The number of aromatic nitrogens is 2. The summed E-state index contributed by atoms with van der Waals surface area (Å²) in [7, 11) is 0.957. The molecule has 0 saturated carbocycles. The highest BCUT2D eigenvalue weighted by Gasteiger charge is 2.66. The Bertz CT molecular complexity index is 1920. The number of aliphatic hydroxyl groups is 1. The first kappa shape index (κ1) is 31.4. The molecule has 2 N–H and O–H groups in total. The van der Waals surface area contributed by atoms with Crippen molar-refractivity contribution in [2.75, 3.05) is 32.2 Å². The van der Waals surface area contributed by atoms with E-state index in [4.69, 9.17) is 9.47 Å². The molecule has 3 aromatic carbocycles. The summed E-state index contributed by atoms with van der Waals surface area (Å²) in [5, 5.41) is 15.0. The maximum absolute atomic E-state index is 14.5. The van der Waals surface area contributed by atoms with Crippen LogP contribution in [0.4, 0.5) is 5.69 Å². The molecule has 1 spiro atoms. The zero-order chi connectivity index (χ0) is 33.2. The van der Waals surface area contributed by atoms with Crippen LogP contribution in [0, 0.1) is 5.92 Å². The Morgan fingerprint density at radius 1 is 1.11 bits per heavy atom. The normalized spacial score (nSPS) is 25.7. The maximum atomic E-state index is 14.5. The number of aromatic amines is 1. The number of hydrogen-bond acceptors (Lipinski definition) is 6. The molecule has 2 fully saturated rings. The van der Waals surface area contributed by atoms with Gasteiger partial charge in [-0.05, 0) is 60.8 Å². The van der Waals surface area contributed by atoms with Crippen LogP contribution in [0.3, 0.4) is 0 Å². The van der Waals surface area contributed by atoms with E-state index >= 15 is 0 Å². The fourth-order valence-electron chi connectivity index (χ4n) is 8.63. The van der Waals surface area contributed by atoms with Crippen molar-refractivity contribution in [2.45, 2.75) is 62.6 Å². The number of hydrogen-bond donors (Lipinski definition) is 2. The fraction of sp³-hybridized carbons (Fsp3) is 0.417. The van der Waals surface area contributed by atoms with E-state index in [1.807, 2.05) is 48.5 Å². The summed E-state index contributed by atoms with van der Waals surface area (Å²) >= 11 is 0. The second-order valence-corrected chi connectivity index (χ2v) is 18.5. The average Bonchev–Trinajstić information content (AvgIpc) is 3.82. The molecule has 47 heavy (non-hydrogen) atoms. The summed E-state index contributed by atoms with van der Waals surface area (Å²) in [6, 6.07) is 20.9. The van der Waals surface area contributed by atoms with Crippen molar-refractivity contribution in [1.82, 2.24) is 14.7 Å². The molecule has 4 heterocycles. The average molecular weight is 655 g/mol. The SMILES string of the molecule is COc1ccc([Si](C)(C)[C@@H]2[C@@H](CC(=O)N3CCC[C@H]3CO)O[C@]3(C(=O)N(C)c4ccc(-n5[nH]c6ccccc6c5=O)cc43)[C@H]2C)cc1. The van der Waals surface area contributed by atoms with Gasteiger partial charge in [-0.3, -0.25) is 19.5 Å². The van der Waals surface area contributed by atoms with Gasteiger partial charge in [0, 0.05) is 25.1 Å². The Hall–Kier alpha value is -4.19. The number of ether oxygens (including phenoxy) is 2. The second kappa shape index (κ2) is 11.5. The van der Waals surface area contributed by atoms with E-state index in [-0.39, 0.29) is 47.9 Å². The van der Waals surface area contributed by atoms with Crippen LogP contribution in [-0.2, 0) is 19.9 Å². The molecule has 0 bridgehead atoms. The predicted octanol–water partition coefficient (Wildman–Crippen LogP) is 3.89. The first-order valence-electron chi connectivity index (χ1n) is 16.4. The van der Waals surface area contributed by atoms with Crippen LogP contribution >= 0.6 is 0 Å². The number of methoxy groups -OCH3 is 1. The van der Waals surface area contributed by atoms with Gasteiger partial charge in [-0.2, -0.15) is 0 Å². The number of carbonyl (C=O) groups excluding carboxylic acids is 2. The fourth-order valence-corrected chi connectivity index (χ4v) is 12.6. The summed E-state index contributed by atoms with van der Waals surface area (Å²) in [5.74, 6) is 0.248. The number of para-hydroxylation sites is 1. The molecule has 7 rings (SSSR count). The third-order valence-electron chi connectivity index (χ3n) is 11.1. The first-order chi connectivity index (χ1) is 22.5. The largest absolute Gasteiger partial charge is 0.497 e. The van der Waals surface area contributed by atoms with Gasteiger partial charge in [0.15, 0.2) is 5.60 Å². The summed E-state index contributed by atoms with van der Waals surface area (Å²) in [4.78, 5) is 45.3. The molecule has 10 nitrogen and oxygen atoms in total. The minimum atomic E-state index is -2.45. The van der Waals surface area contributed by atoms with Gasteiger partial charge in [0.1, 0.15) is 5.75 Å². The number of likely N-dealkylation sites (tertiary alicyclic amines) is 1. The molecule has 2 saturated heterocycles. The first-order valence-corrected chi connectivity index (χ1v) is 19.5. The van der Waals surface area contributed by atoms with Crippen molar-refractivity contribution in [2.24, 2.45) is 5.92 Å². The molecule has 0 radical (unpaired) electrons. The van der Waals surface area contributed by atoms with Crippen LogP contribution in [0.1, 0.15) is 31.7 Å². The number of likely N-dealkylation sites (N-methyl/N-ethyl adjacent to an activating group) is 1. The molecule has 3 aliphatic heterocycles. The molecule has 1 aromatic heterocycles. The van der Waals surface area contributed by atoms with Crippen LogP contribution < -0.4 is 20.4 Å². The van der Waals surface area contributed by atoms with E-state index in [2.05, 4.69) is 37.2 Å². The van der Waals surface area contributed by atoms with E-state index in [1.54, 1.807) is 30.0 Å². The number of benzene rings is 3. The van der Waals surface area contributed by atoms with Crippen molar-refractivity contribution in [1.29, 1.82) is 0 Å². The molecule has 11 heteroatoms. The number of amides is 2. The van der Waals surface area contributed by atoms with E-state index in [1.165, 1.54) is 9.87 Å². The Labute approximate surface area is 274 Å². The lowest BCUT2D eigenvalue weighted by molar-refractivity contribution is -0.149. The van der Waals surface area contributed by atoms with E-state index in [0.29, 0.717) is 23.2 Å².